The molecule has 1 saturated heterocycles. The Morgan fingerprint density at radius 3 is 3.00 bits per heavy atom. The standard InChI is InChI=1S/C10H15N3O2S2/c1-7-8(17-13-12-7)9(14)11-5-10(15-2)3-4-16-6-10/h3-6H2,1-2H3,(H,11,14)/t10-/m0/s1. The summed E-state index contributed by atoms with van der Waals surface area (Å²) in [7, 11) is 1.71. The molecule has 17 heavy (non-hydrogen) atoms. The number of ether oxygens (including phenoxy) is 1. The number of rotatable bonds is 4. The van der Waals surface area contributed by atoms with Crippen molar-refractivity contribution in [1.29, 1.82) is 0 Å². The van der Waals surface area contributed by atoms with Gasteiger partial charge in [-0.1, -0.05) is 4.49 Å². The Morgan fingerprint density at radius 2 is 2.47 bits per heavy atom. The number of hydrogen-bond donors (Lipinski definition) is 1. The summed E-state index contributed by atoms with van der Waals surface area (Å²) in [6.45, 7) is 2.34. The average Bonchev–Trinajstić information content (AvgIpc) is 2.95. The van der Waals surface area contributed by atoms with Crippen LogP contribution < -0.4 is 5.32 Å². The molecule has 1 aromatic heterocycles. The molecule has 1 atom stereocenters. The lowest BCUT2D eigenvalue weighted by molar-refractivity contribution is 0.0137. The molecule has 0 bridgehead atoms. The minimum absolute atomic E-state index is 0.106. The van der Waals surface area contributed by atoms with Gasteiger partial charge in [0.05, 0.1) is 11.3 Å². The van der Waals surface area contributed by atoms with Gasteiger partial charge in [-0.15, -0.1) is 5.10 Å². The van der Waals surface area contributed by atoms with E-state index in [0.717, 1.165) is 29.5 Å². The van der Waals surface area contributed by atoms with Crippen LogP contribution in [0.5, 0.6) is 0 Å². The number of hydrogen-bond acceptors (Lipinski definition) is 6. The summed E-state index contributed by atoms with van der Waals surface area (Å²) in [4.78, 5) is 12.5. The fourth-order valence-corrected chi connectivity index (χ4v) is 3.69. The summed E-state index contributed by atoms with van der Waals surface area (Å²) in [5.41, 5.74) is 0.478. The summed E-state index contributed by atoms with van der Waals surface area (Å²) in [6, 6.07) is 0. The lowest BCUT2D eigenvalue weighted by Crippen LogP contribution is -2.44. The molecule has 1 N–H and O–H groups in total. The number of methoxy groups -OCH3 is 1. The van der Waals surface area contributed by atoms with Crippen molar-refractivity contribution in [3.05, 3.63) is 10.6 Å². The molecule has 0 spiro atoms. The first-order chi connectivity index (χ1) is 8.17. The van der Waals surface area contributed by atoms with E-state index in [9.17, 15) is 4.79 Å². The predicted molar refractivity (Wildman–Crippen MR) is 68.7 cm³/mol. The molecule has 0 saturated carbocycles. The van der Waals surface area contributed by atoms with Gasteiger partial charge in [-0.3, -0.25) is 4.79 Å². The Labute approximate surface area is 108 Å². The Hall–Kier alpha value is -0.660. The minimum Gasteiger partial charge on any atom is -0.376 e. The van der Waals surface area contributed by atoms with Crippen molar-refractivity contribution in [1.82, 2.24) is 14.9 Å². The van der Waals surface area contributed by atoms with Gasteiger partial charge in [0.25, 0.3) is 5.91 Å². The molecule has 5 nitrogen and oxygen atoms in total. The van der Waals surface area contributed by atoms with Gasteiger partial charge in [0.1, 0.15) is 4.88 Å². The number of amides is 1. The molecule has 0 unspecified atom stereocenters. The molecule has 0 aliphatic carbocycles. The summed E-state index contributed by atoms with van der Waals surface area (Å²) in [5, 5.41) is 6.74. The molecular weight excluding hydrogens is 258 g/mol. The monoisotopic (exact) mass is 273 g/mol. The highest BCUT2D eigenvalue weighted by atomic mass is 32.2. The summed E-state index contributed by atoms with van der Waals surface area (Å²) >= 11 is 2.99. The van der Waals surface area contributed by atoms with E-state index in [2.05, 4.69) is 14.9 Å². The van der Waals surface area contributed by atoms with Crippen LogP contribution in [0.25, 0.3) is 0 Å². The van der Waals surface area contributed by atoms with Gasteiger partial charge >= 0.3 is 0 Å². The highest BCUT2D eigenvalue weighted by molar-refractivity contribution is 7.99. The molecule has 0 aromatic carbocycles. The average molecular weight is 273 g/mol. The molecule has 1 aliphatic rings. The Morgan fingerprint density at radius 1 is 1.65 bits per heavy atom. The molecule has 7 heteroatoms. The second kappa shape index (κ2) is 5.32. The lowest BCUT2D eigenvalue weighted by Gasteiger charge is -2.26. The van der Waals surface area contributed by atoms with Crippen LogP contribution in [-0.4, -0.2) is 46.3 Å². The third-order valence-electron chi connectivity index (χ3n) is 2.93. The van der Waals surface area contributed by atoms with Gasteiger partial charge in [0.2, 0.25) is 0 Å². The second-order valence-electron chi connectivity index (χ2n) is 4.06. The third-order valence-corrected chi connectivity index (χ3v) is 4.98. The summed E-state index contributed by atoms with van der Waals surface area (Å²) in [6.07, 6.45) is 0.981. The molecule has 2 heterocycles. The maximum absolute atomic E-state index is 11.9. The highest BCUT2D eigenvalue weighted by Crippen LogP contribution is 2.30. The number of thioether (sulfide) groups is 1. The van der Waals surface area contributed by atoms with Crippen LogP contribution >= 0.6 is 23.3 Å². The number of nitrogens with one attached hydrogen (secondary N) is 1. The number of aryl methyl sites for hydroxylation is 1. The van der Waals surface area contributed by atoms with Crippen LogP contribution in [0.15, 0.2) is 0 Å². The van der Waals surface area contributed by atoms with Crippen molar-refractivity contribution >= 4 is 29.2 Å². The van der Waals surface area contributed by atoms with Gasteiger partial charge < -0.3 is 10.1 Å². The lowest BCUT2D eigenvalue weighted by atomic mass is 10.0. The first kappa shape index (κ1) is 12.8. The van der Waals surface area contributed by atoms with E-state index in [1.165, 1.54) is 0 Å². The Balaban J connectivity index is 1.94. The van der Waals surface area contributed by atoms with Crippen molar-refractivity contribution in [3.8, 4) is 0 Å². The van der Waals surface area contributed by atoms with Crippen LogP contribution in [0.4, 0.5) is 0 Å². The Bertz CT molecular complexity index is 402. The predicted octanol–water partition coefficient (Wildman–Crippen LogP) is 1.10. The van der Waals surface area contributed by atoms with E-state index in [0.29, 0.717) is 17.1 Å². The van der Waals surface area contributed by atoms with E-state index < -0.39 is 0 Å². The fraction of sp³-hybridized carbons (Fsp3) is 0.700. The van der Waals surface area contributed by atoms with Crippen molar-refractivity contribution in [2.45, 2.75) is 18.9 Å². The van der Waals surface area contributed by atoms with Crippen molar-refractivity contribution in [3.63, 3.8) is 0 Å². The number of aromatic nitrogens is 2. The number of nitrogens with zero attached hydrogens (tertiary/aromatic N) is 2. The second-order valence-corrected chi connectivity index (χ2v) is 5.92. The molecule has 94 valence electrons. The topological polar surface area (TPSA) is 64.1 Å². The smallest absolute Gasteiger partial charge is 0.265 e. The number of carbonyl (C=O) groups excluding carboxylic acids is 1. The molecule has 2 rings (SSSR count). The molecule has 1 fully saturated rings. The van der Waals surface area contributed by atoms with Crippen molar-refractivity contribution in [2.24, 2.45) is 0 Å². The first-order valence-corrected chi connectivity index (χ1v) is 7.30. The van der Waals surface area contributed by atoms with Crippen LogP contribution in [0.2, 0.25) is 0 Å². The summed E-state index contributed by atoms with van der Waals surface area (Å²) < 4.78 is 9.29. The molecule has 0 radical (unpaired) electrons. The first-order valence-electron chi connectivity index (χ1n) is 5.37. The van der Waals surface area contributed by atoms with Crippen molar-refractivity contribution < 1.29 is 9.53 Å². The van der Waals surface area contributed by atoms with E-state index in [4.69, 9.17) is 4.74 Å². The number of carbonyl (C=O) groups is 1. The van der Waals surface area contributed by atoms with Crippen LogP contribution in [0, 0.1) is 6.92 Å². The normalized spacial score (nSPS) is 23.9. The quantitative estimate of drug-likeness (QED) is 0.890. The Kier molecular flexibility index (Phi) is 4.01. The van der Waals surface area contributed by atoms with Crippen LogP contribution in [-0.2, 0) is 4.74 Å². The fourth-order valence-electron chi connectivity index (χ4n) is 1.72. The maximum Gasteiger partial charge on any atom is 0.265 e. The van der Waals surface area contributed by atoms with Gasteiger partial charge in [-0.05, 0) is 30.6 Å². The van der Waals surface area contributed by atoms with E-state index in [1.807, 2.05) is 11.8 Å². The minimum atomic E-state index is -0.202. The van der Waals surface area contributed by atoms with Gasteiger partial charge in [-0.25, -0.2) is 0 Å². The van der Waals surface area contributed by atoms with E-state index >= 15 is 0 Å². The zero-order valence-corrected chi connectivity index (χ0v) is 11.5. The van der Waals surface area contributed by atoms with E-state index in [-0.39, 0.29) is 11.5 Å². The third kappa shape index (κ3) is 2.78. The van der Waals surface area contributed by atoms with E-state index in [1.54, 1.807) is 14.0 Å². The molecular formula is C10H15N3O2S2. The highest BCUT2D eigenvalue weighted by Gasteiger charge is 2.34. The van der Waals surface area contributed by atoms with Crippen LogP contribution in [0.3, 0.4) is 0 Å². The van der Waals surface area contributed by atoms with Gasteiger partial charge in [0.15, 0.2) is 0 Å². The van der Waals surface area contributed by atoms with Crippen molar-refractivity contribution in [2.75, 3.05) is 25.2 Å². The zero-order valence-electron chi connectivity index (χ0n) is 9.86. The van der Waals surface area contributed by atoms with Gasteiger partial charge in [-0.2, -0.15) is 11.8 Å². The molecule has 1 amide bonds. The largest absolute Gasteiger partial charge is 0.376 e. The molecule has 1 aliphatic heterocycles. The van der Waals surface area contributed by atoms with Gasteiger partial charge in [0, 0.05) is 19.4 Å². The SMILES string of the molecule is CO[C@]1(CNC(=O)c2snnc2C)CCSC1. The maximum atomic E-state index is 11.9. The zero-order chi connectivity index (χ0) is 12.3. The summed E-state index contributed by atoms with van der Waals surface area (Å²) in [5.74, 6) is 1.92. The van der Waals surface area contributed by atoms with Crippen LogP contribution in [0.1, 0.15) is 21.8 Å². The molecule has 1 aromatic rings.